The molecule has 0 aliphatic rings. The predicted octanol–water partition coefficient (Wildman–Crippen LogP) is 6.97. The molecule has 0 unspecified atom stereocenters. The maximum Gasteiger partial charge on any atom is 0.343 e. The quantitative estimate of drug-likeness (QED) is 0.117. The van der Waals surface area contributed by atoms with Crippen molar-refractivity contribution in [3.63, 3.8) is 0 Å². The van der Waals surface area contributed by atoms with Crippen LogP contribution >= 0.6 is 11.3 Å². The molecule has 168 valence electrons. The van der Waals surface area contributed by atoms with Crippen molar-refractivity contribution >= 4 is 38.9 Å². The average molecular weight is 463 g/mol. The number of hydrogen-bond acceptors (Lipinski definition) is 6. The van der Waals surface area contributed by atoms with E-state index in [1.54, 1.807) is 60.8 Å². The maximum atomic E-state index is 13.3. The Labute approximate surface area is 195 Å². The van der Waals surface area contributed by atoms with E-state index in [1.807, 2.05) is 0 Å². The summed E-state index contributed by atoms with van der Waals surface area (Å²) in [5.74, 6) is 0.450. The zero-order valence-electron chi connectivity index (χ0n) is 18.2. The zero-order valence-corrected chi connectivity index (χ0v) is 19.0. The fraction of sp³-hybridized carbons (Fsp3) is 0.192. The summed E-state index contributed by atoms with van der Waals surface area (Å²) >= 11 is 1.32. The molecule has 0 amide bonds. The first-order chi connectivity index (χ1) is 16.1. The molecular formula is C26H23FN2O3S. The minimum Gasteiger partial charge on any atom is -0.494 e. The van der Waals surface area contributed by atoms with Gasteiger partial charge in [0.25, 0.3) is 0 Å². The summed E-state index contributed by atoms with van der Waals surface area (Å²) < 4.78 is 25.2. The molecule has 0 fully saturated rings. The number of aliphatic imine (C=N–C) groups is 1. The molecule has 33 heavy (non-hydrogen) atoms. The number of ether oxygens (including phenoxy) is 2. The minimum atomic E-state index is -0.435. The Bertz CT molecular complexity index is 1250. The number of unbranched alkanes of at least 4 members (excludes halogenated alkanes) is 2. The molecule has 0 bridgehead atoms. The topological polar surface area (TPSA) is 60.8 Å². The van der Waals surface area contributed by atoms with Gasteiger partial charge in [-0.2, -0.15) is 0 Å². The summed E-state index contributed by atoms with van der Waals surface area (Å²) in [4.78, 5) is 21.1. The van der Waals surface area contributed by atoms with Crippen LogP contribution < -0.4 is 9.47 Å². The molecule has 3 aromatic carbocycles. The van der Waals surface area contributed by atoms with E-state index in [9.17, 15) is 9.18 Å². The van der Waals surface area contributed by atoms with E-state index in [0.717, 1.165) is 35.3 Å². The molecule has 0 aliphatic heterocycles. The summed E-state index contributed by atoms with van der Waals surface area (Å²) in [6.45, 7) is 2.82. The second-order valence-electron chi connectivity index (χ2n) is 7.41. The van der Waals surface area contributed by atoms with Crippen molar-refractivity contribution in [2.75, 3.05) is 6.61 Å². The first-order valence-corrected chi connectivity index (χ1v) is 11.6. The third kappa shape index (κ3) is 6.23. The zero-order chi connectivity index (χ0) is 23.0. The van der Waals surface area contributed by atoms with Gasteiger partial charge < -0.3 is 9.47 Å². The molecule has 0 spiro atoms. The molecular weight excluding hydrogens is 439 g/mol. The van der Waals surface area contributed by atoms with E-state index in [1.165, 1.54) is 23.5 Å². The van der Waals surface area contributed by atoms with Crippen molar-refractivity contribution in [1.82, 2.24) is 4.98 Å². The number of hydrogen-bond donors (Lipinski definition) is 0. The molecule has 4 aromatic rings. The molecule has 1 aromatic heterocycles. The number of benzene rings is 3. The summed E-state index contributed by atoms with van der Waals surface area (Å²) in [6, 6.07) is 18.4. The summed E-state index contributed by atoms with van der Waals surface area (Å²) in [6.07, 6.45) is 4.96. The lowest BCUT2D eigenvalue weighted by Crippen LogP contribution is -2.08. The third-order valence-corrected chi connectivity index (χ3v) is 5.79. The van der Waals surface area contributed by atoms with Crippen LogP contribution in [0.1, 0.15) is 42.1 Å². The van der Waals surface area contributed by atoms with Crippen LogP contribution in [-0.2, 0) is 0 Å². The van der Waals surface area contributed by atoms with Crippen LogP contribution in [0.15, 0.2) is 71.7 Å². The van der Waals surface area contributed by atoms with E-state index in [4.69, 9.17) is 9.47 Å². The average Bonchev–Trinajstić information content (AvgIpc) is 3.24. The van der Waals surface area contributed by atoms with Gasteiger partial charge in [0, 0.05) is 6.21 Å². The van der Waals surface area contributed by atoms with Crippen molar-refractivity contribution in [2.45, 2.75) is 26.2 Å². The fourth-order valence-electron chi connectivity index (χ4n) is 3.09. The van der Waals surface area contributed by atoms with Crippen molar-refractivity contribution in [3.05, 3.63) is 83.7 Å². The molecule has 0 saturated heterocycles. The highest BCUT2D eigenvalue weighted by atomic mass is 32.1. The highest BCUT2D eigenvalue weighted by Gasteiger charge is 2.09. The smallest absolute Gasteiger partial charge is 0.343 e. The monoisotopic (exact) mass is 462 g/mol. The summed E-state index contributed by atoms with van der Waals surface area (Å²) in [5, 5.41) is 0.545. The number of rotatable bonds is 9. The number of nitrogens with zero attached hydrogens (tertiary/aromatic N) is 2. The maximum absolute atomic E-state index is 13.3. The molecule has 1 heterocycles. The normalized spacial score (nSPS) is 11.2. The van der Waals surface area contributed by atoms with Crippen LogP contribution in [0.3, 0.4) is 0 Å². The van der Waals surface area contributed by atoms with Crippen molar-refractivity contribution < 1.29 is 18.7 Å². The fourth-order valence-corrected chi connectivity index (χ4v) is 3.92. The van der Waals surface area contributed by atoms with Gasteiger partial charge in [-0.05, 0) is 78.7 Å². The number of fused-ring (bicyclic) bond motifs is 1. The van der Waals surface area contributed by atoms with E-state index < -0.39 is 5.97 Å². The van der Waals surface area contributed by atoms with Crippen LogP contribution in [0.2, 0.25) is 0 Å². The van der Waals surface area contributed by atoms with Crippen LogP contribution in [0.5, 0.6) is 11.5 Å². The van der Waals surface area contributed by atoms with E-state index in [-0.39, 0.29) is 5.82 Å². The van der Waals surface area contributed by atoms with Crippen LogP contribution in [-0.4, -0.2) is 23.8 Å². The van der Waals surface area contributed by atoms with Gasteiger partial charge in [0.1, 0.15) is 17.3 Å². The third-order valence-electron chi connectivity index (χ3n) is 4.86. The lowest BCUT2D eigenvalue weighted by Gasteiger charge is -2.07. The second-order valence-corrected chi connectivity index (χ2v) is 8.41. The van der Waals surface area contributed by atoms with Crippen LogP contribution in [0, 0.1) is 5.82 Å². The molecule has 5 nitrogen and oxygen atoms in total. The van der Waals surface area contributed by atoms with Crippen molar-refractivity contribution in [2.24, 2.45) is 4.99 Å². The number of aromatic nitrogens is 1. The van der Waals surface area contributed by atoms with Crippen molar-refractivity contribution in [3.8, 4) is 11.5 Å². The largest absolute Gasteiger partial charge is 0.494 e. The highest BCUT2D eigenvalue weighted by molar-refractivity contribution is 7.22. The Morgan fingerprint density at radius 2 is 1.79 bits per heavy atom. The highest BCUT2D eigenvalue weighted by Crippen LogP contribution is 2.28. The van der Waals surface area contributed by atoms with Gasteiger partial charge in [0.15, 0.2) is 0 Å². The van der Waals surface area contributed by atoms with Gasteiger partial charge in [0.2, 0.25) is 5.13 Å². The van der Waals surface area contributed by atoms with Gasteiger partial charge in [-0.25, -0.2) is 19.2 Å². The number of halogens is 1. The van der Waals surface area contributed by atoms with E-state index in [2.05, 4.69) is 16.9 Å². The summed E-state index contributed by atoms with van der Waals surface area (Å²) in [7, 11) is 0. The molecule has 0 saturated carbocycles. The lowest BCUT2D eigenvalue weighted by molar-refractivity contribution is 0.0734. The molecule has 7 heteroatoms. The molecule has 0 radical (unpaired) electrons. The SMILES string of the molecule is CCCCCOc1ccc(C(=O)Oc2ccc(/C=N/c3nc4ccc(F)cc4s3)cc2)cc1. The van der Waals surface area contributed by atoms with Gasteiger partial charge in [-0.15, -0.1) is 0 Å². The number of esters is 1. The van der Waals surface area contributed by atoms with Gasteiger partial charge >= 0.3 is 5.97 Å². The second kappa shape index (κ2) is 10.8. The first-order valence-electron chi connectivity index (χ1n) is 10.8. The number of carbonyl (C=O) groups is 1. The Kier molecular flexibility index (Phi) is 7.42. The molecule has 4 rings (SSSR count). The van der Waals surface area contributed by atoms with Gasteiger partial charge in [-0.1, -0.05) is 31.1 Å². The van der Waals surface area contributed by atoms with Crippen LogP contribution in [0.4, 0.5) is 9.52 Å². The predicted molar refractivity (Wildman–Crippen MR) is 130 cm³/mol. The van der Waals surface area contributed by atoms with E-state index in [0.29, 0.717) is 28.6 Å². The lowest BCUT2D eigenvalue weighted by atomic mass is 10.2. The Morgan fingerprint density at radius 1 is 1.03 bits per heavy atom. The van der Waals surface area contributed by atoms with Crippen LogP contribution in [0.25, 0.3) is 10.2 Å². The minimum absolute atomic E-state index is 0.293. The molecule has 0 atom stereocenters. The number of carbonyl (C=O) groups excluding carboxylic acids is 1. The molecule has 0 N–H and O–H groups in total. The van der Waals surface area contributed by atoms with E-state index >= 15 is 0 Å². The molecule has 0 aliphatic carbocycles. The Hall–Kier alpha value is -3.58. The summed E-state index contributed by atoms with van der Waals surface area (Å²) in [5.41, 5.74) is 1.99. The van der Waals surface area contributed by atoms with Crippen molar-refractivity contribution in [1.29, 1.82) is 0 Å². The first kappa shape index (κ1) is 22.6. The Balaban J connectivity index is 1.33. The van der Waals surface area contributed by atoms with Gasteiger partial charge in [0.05, 0.1) is 22.4 Å². The number of thiazole rings is 1. The standard InChI is InChI=1S/C26H23FN2O3S/c1-2-3-4-15-31-21-12-7-19(8-13-21)25(30)32-22-10-5-18(6-11-22)17-28-26-29-23-14-9-20(27)16-24(23)33-26/h5-14,16-17H,2-4,15H2,1H3/b28-17+. The van der Waals surface area contributed by atoms with Gasteiger partial charge in [-0.3, -0.25) is 0 Å². The Morgan fingerprint density at radius 3 is 2.55 bits per heavy atom.